The summed E-state index contributed by atoms with van der Waals surface area (Å²) in [7, 11) is 0. The van der Waals surface area contributed by atoms with Crippen LogP contribution < -0.4 is 5.69 Å². The summed E-state index contributed by atoms with van der Waals surface area (Å²) in [5.74, 6) is 0. The minimum Gasteiger partial charge on any atom is -0.392 e. The predicted molar refractivity (Wildman–Crippen MR) is 70.4 cm³/mol. The van der Waals surface area contributed by atoms with Crippen molar-refractivity contribution >= 4 is 0 Å². The van der Waals surface area contributed by atoms with Crippen molar-refractivity contribution in [2.24, 2.45) is 0 Å². The molecule has 18 heavy (non-hydrogen) atoms. The lowest BCUT2D eigenvalue weighted by Gasteiger charge is -2.03. The van der Waals surface area contributed by atoms with Gasteiger partial charge in [-0.05, 0) is 17.5 Å². The van der Waals surface area contributed by atoms with Gasteiger partial charge >= 0.3 is 5.69 Å². The van der Waals surface area contributed by atoms with Crippen molar-refractivity contribution in [1.29, 1.82) is 0 Å². The lowest BCUT2D eigenvalue weighted by Crippen LogP contribution is -2.24. The molecule has 0 unspecified atom stereocenters. The highest BCUT2D eigenvalue weighted by Crippen LogP contribution is 2.05. The zero-order valence-electron chi connectivity index (χ0n) is 10.5. The molecule has 4 heteroatoms. The summed E-state index contributed by atoms with van der Waals surface area (Å²) >= 11 is 0. The number of benzene rings is 1. The molecule has 2 aromatic rings. The second-order valence-electron chi connectivity index (χ2n) is 4.38. The van der Waals surface area contributed by atoms with Crippen molar-refractivity contribution in [2.45, 2.75) is 33.0 Å². The van der Waals surface area contributed by atoms with Gasteiger partial charge in [-0.25, -0.2) is 4.79 Å². The van der Waals surface area contributed by atoms with Gasteiger partial charge in [-0.3, -0.25) is 9.13 Å². The van der Waals surface area contributed by atoms with Crippen LogP contribution in [0, 0.1) is 0 Å². The van der Waals surface area contributed by atoms with Crippen LogP contribution in [0.2, 0.25) is 0 Å². The third-order valence-electron chi connectivity index (χ3n) is 2.94. The van der Waals surface area contributed by atoms with Gasteiger partial charge in [0, 0.05) is 18.9 Å². The highest BCUT2D eigenvalue weighted by Gasteiger charge is 2.03. The first-order valence-corrected chi connectivity index (χ1v) is 6.19. The number of hydrogen-bond acceptors (Lipinski definition) is 2. The van der Waals surface area contributed by atoms with Crippen LogP contribution in [0.15, 0.2) is 41.5 Å². The highest BCUT2D eigenvalue weighted by atomic mass is 16.3. The molecule has 0 spiro atoms. The zero-order valence-corrected chi connectivity index (χ0v) is 10.5. The molecule has 0 aliphatic rings. The number of aryl methyl sites for hydroxylation is 1. The molecular formula is C14H18N2O2. The van der Waals surface area contributed by atoms with Crippen LogP contribution in [-0.2, 0) is 19.7 Å². The van der Waals surface area contributed by atoms with E-state index in [1.807, 2.05) is 36.7 Å². The van der Waals surface area contributed by atoms with Gasteiger partial charge in [0.05, 0.1) is 13.2 Å². The van der Waals surface area contributed by atoms with Crippen molar-refractivity contribution in [3.8, 4) is 0 Å². The first kappa shape index (κ1) is 12.6. The maximum atomic E-state index is 12.0. The Balaban J connectivity index is 2.15. The van der Waals surface area contributed by atoms with Crippen LogP contribution in [0.3, 0.4) is 0 Å². The molecule has 1 heterocycles. The molecule has 4 nitrogen and oxygen atoms in total. The number of nitrogens with zero attached hydrogens (tertiary/aromatic N) is 2. The lowest BCUT2D eigenvalue weighted by molar-refractivity contribution is 0.282. The third kappa shape index (κ3) is 2.71. The predicted octanol–water partition coefficient (Wildman–Crippen LogP) is 1.60. The van der Waals surface area contributed by atoms with E-state index in [4.69, 9.17) is 5.11 Å². The fraction of sp³-hybridized carbons (Fsp3) is 0.357. The van der Waals surface area contributed by atoms with Crippen molar-refractivity contribution in [2.75, 3.05) is 0 Å². The van der Waals surface area contributed by atoms with Crippen LogP contribution in [0.4, 0.5) is 0 Å². The number of imidazole rings is 1. The van der Waals surface area contributed by atoms with Gasteiger partial charge in [0.2, 0.25) is 0 Å². The lowest BCUT2D eigenvalue weighted by atomic mass is 10.1. The summed E-state index contributed by atoms with van der Waals surface area (Å²) in [6.45, 7) is 3.43. The number of rotatable bonds is 5. The monoisotopic (exact) mass is 246 g/mol. The van der Waals surface area contributed by atoms with Gasteiger partial charge in [-0.15, -0.1) is 0 Å². The molecule has 0 aliphatic carbocycles. The molecule has 1 N–H and O–H groups in total. The molecule has 0 atom stereocenters. The molecule has 0 saturated heterocycles. The minimum absolute atomic E-state index is 0.0306. The average molecular weight is 246 g/mol. The van der Waals surface area contributed by atoms with Gasteiger partial charge in [-0.2, -0.15) is 0 Å². The summed E-state index contributed by atoms with van der Waals surface area (Å²) in [5.41, 5.74) is 1.97. The van der Waals surface area contributed by atoms with Crippen molar-refractivity contribution in [3.05, 3.63) is 58.3 Å². The molecule has 1 aromatic carbocycles. The highest BCUT2D eigenvalue weighted by molar-refractivity contribution is 5.22. The van der Waals surface area contributed by atoms with E-state index in [9.17, 15) is 4.79 Å². The molecule has 0 bridgehead atoms. The molecule has 0 fully saturated rings. The Labute approximate surface area is 106 Å². The van der Waals surface area contributed by atoms with E-state index in [2.05, 4.69) is 6.92 Å². The fourth-order valence-electron chi connectivity index (χ4n) is 1.93. The van der Waals surface area contributed by atoms with Gasteiger partial charge in [0.25, 0.3) is 0 Å². The standard InChI is InChI=1S/C14H18N2O2/c1-2-7-15-8-9-16(14(15)18)10-12-3-5-13(11-17)6-4-12/h3-6,8-9,17H,2,7,10-11H2,1H3. The van der Waals surface area contributed by atoms with Crippen LogP contribution in [0.25, 0.3) is 0 Å². The second kappa shape index (κ2) is 5.69. The van der Waals surface area contributed by atoms with E-state index < -0.39 is 0 Å². The minimum atomic E-state index is 0.0306. The van der Waals surface area contributed by atoms with E-state index in [1.165, 1.54) is 0 Å². The molecule has 0 aliphatic heterocycles. The van der Waals surface area contributed by atoms with Gasteiger partial charge in [-0.1, -0.05) is 31.2 Å². The fourth-order valence-corrected chi connectivity index (χ4v) is 1.93. The number of hydrogen-bond donors (Lipinski definition) is 1. The second-order valence-corrected chi connectivity index (χ2v) is 4.38. The quantitative estimate of drug-likeness (QED) is 0.871. The largest absolute Gasteiger partial charge is 0.392 e. The Hall–Kier alpha value is -1.81. The number of aromatic nitrogens is 2. The molecule has 2 rings (SSSR count). The number of aliphatic hydroxyl groups excluding tert-OH is 1. The van der Waals surface area contributed by atoms with E-state index in [0.717, 1.165) is 24.1 Å². The molecule has 0 amide bonds. The average Bonchev–Trinajstić information content (AvgIpc) is 2.73. The number of aliphatic hydroxyl groups is 1. The van der Waals surface area contributed by atoms with Crippen molar-refractivity contribution < 1.29 is 5.11 Å². The molecule has 1 aromatic heterocycles. The van der Waals surface area contributed by atoms with Gasteiger partial charge < -0.3 is 5.11 Å². The molecule has 0 saturated carbocycles. The Morgan fingerprint density at radius 1 is 1.06 bits per heavy atom. The van der Waals surface area contributed by atoms with Crippen molar-refractivity contribution in [3.63, 3.8) is 0 Å². The normalized spacial score (nSPS) is 10.8. The molecule has 0 radical (unpaired) electrons. The van der Waals surface area contributed by atoms with Gasteiger partial charge in [0.1, 0.15) is 0 Å². The first-order valence-electron chi connectivity index (χ1n) is 6.19. The Morgan fingerprint density at radius 2 is 1.67 bits per heavy atom. The summed E-state index contributed by atoms with van der Waals surface area (Å²) in [6, 6.07) is 7.64. The SMILES string of the molecule is CCCn1ccn(Cc2ccc(CO)cc2)c1=O. The first-order chi connectivity index (χ1) is 8.74. The van der Waals surface area contributed by atoms with Crippen LogP contribution >= 0.6 is 0 Å². The third-order valence-corrected chi connectivity index (χ3v) is 2.94. The maximum Gasteiger partial charge on any atom is 0.328 e. The topological polar surface area (TPSA) is 47.2 Å². The van der Waals surface area contributed by atoms with E-state index in [-0.39, 0.29) is 12.3 Å². The van der Waals surface area contributed by atoms with Crippen LogP contribution in [0.1, 0.15) is 24.5 Å². The summed E-state index contributed by atoms with van der Waals surface area (Å²) in [6.07, 6.45) is 4.60. The van der Waals surface area contributed by atoms with Crippen LogP contribution in [0.5, 0.6) is 0 Å². The van der Waals surface area contributed by atoms with E-state index >= 15 is 0 Å². The Kier molecular flexibility index (Phi) is 3.99. The Bertz CT molecular complexity index is 552. The van der Waals surface area contributed by atoms with Crippen LogP contribution in [-0.4, -0.2) is 14.2 Å². The molecule has 96 valence electrons. The van der Waals surface area contributed by atoms with Crippen molar-refractivity contribution in [1.82, 2.24) is 9.13 Å². The smallest absolute Gasteiger partial charge is 0.328 e. The summed E-state index contributed by atoms with van der Waals surface area (Å²) in [4.78, 5) is 12.0. The molecular weight excluding hydrogens is 228 g/mol. The van der Waals surface area contributed by atoms with Gasteiger partial charge in [0.15, 0.2) is 0 Å². The maximum absolute atomic E-state index is 12.0. The summed E-state index contributed by atoms with van der Waals surface area (Å²) in [5, 5.41) is 8.97. The van der Waals surface area contributed by atoms with E-state index in [0.29, 0.717) is 6.54 Å². The Morgan fingerprint density at radius 3 is 2.28 bits per heavy atom. The van der Waals surface area contributed by atoms with E-state index in [1.54, 1.807) is 9.13 Å². The summed E-state index contributed by atoms with van der Waals surface area (Å²) < 4.78 is 3.42. The zero-order chi connectivity index (χ0) is 13.0.